The molecule has 0 fully saturated rings. The number of hydrogen-bond donors (Lipinski definition) is 2. The fourth-order valence-electron chi connectivity index (χ4n) is 0.887. The van der Waals surface area contributed by atoms with Gasteiger partial charge in [-0.25, -0.2) is 9.18 Å². The van der Waals surface area contributed by atoms with Gasteiger partial charge in [-0.3, -0.25) is 0 Å². The Bertz CT molecular complexity index is 336. The average molecular weight is 186 g/mol. The van der Waals surface area contributed by atoms with Crippen LogP contribution in [0.2, 0.25) is 0 Å². The van der Waals surface area contributed by atoms with E-state index in [9.17, 15) is 9.18 Å². The van der Waals surface area contributed by atoms with Gasteiger partial charge in [-0.05, 0) is 24.6 Å². The van der Waals surface area contributed by atoms with E-state index >= 15 is 0 Å². The van der Waals surface area contributed by atoms with Gasteiger partial charge in [-0.15, -0.1) is 12.6 Å². The van der Waals surface area contributed by atoms with Crippen molar-refractivity contribution in [2.75, 3.05) is 0 Å². The second kappa shape index (κ2) is 3.15. The molecule has 0 saturated carbocycles. The van der Waals surface area contributed by atoms with Crippen LogP contribution < -0.4 is 0 Å². The van der Waals surface area contributed by atoms with Crippen LogP contribution in [0.25, 0.3) is 0 Å². The van der Waals surface area contributed by atoms with E-state index in [1.54, 1.807) is 0 Å². The molecule has 0 amide bonds. The lowest BCUT2D eigenvalue weighted by atomic mass is 10.1. The first-order chi connectivity index (χ1) is 5.52. The van der Waals surface area contributed by atoms with Crippen LogP contribution in [0, 0.1) is 12.7 Å². The number of hydrogen-bond acceptors (Lipinski definition) is 2. The molecule has 0 radical (unpaired) electrons. The van der Waals surface area contributed by atoms with Crippen molar-refractivity contribution in [1.29, 1.82) is 0 Å². The minimum absolute atomic E-state index is 0.0417. The van der Waals surface area contributed by atoms with Crippen LogP contribution in [0.15, 0.2) is 17.0 Å². The Morgan fingerprint density at radius 2 is 2.17 bits per heavy atom. The lowest BCUT2D eigenvalue weighted by Crippen LogP contribution is -2.01. The predicted molar refractivity (Wildman–Crippen MR) is 45.3 cm³/mol. The van der Waals surface area contributed by atoms with Crippen LogP contribution in [0.5, 0.6) is 0 Å². The molecule has 0 aromatic heterocycles. The van der Waals surface area contributed by atoms with Crippen LogP contribution in [0.3, 0.4) is 0 Å². The van der Waals surface area contributed by atoms with Gasteiger partial charge < -0.3 is 5.11 Å². The van der Waals surface area contributed by atoms with Crippen molar-refractivity contribution in [2.45, 2.75) is 11.8 Å². The maximum atomic E-state index is 12.9. The van der Waals surface area contributed by atoms with Gasteiger partial charge in [-0.2, -0.15) is 0 Å². The van der Waals surface area contributed by atoms with Crippen molar-refractivity contribution in [1.82, 2.24) is 0 Å². The van der Waals surface area contributed by atoms with Crippen LogP contribution in [0.4, 0.5) is 4.39 Å². The van der Waals surface area contributed by atoms with Crippen LogP contribution in [0.1, 0.15) is 15.9 Å². The van der Waals surface area contributed by atoms with Crippen LogP contribution in [-0.2, 0) is 0 Å². The average Bonchev–Trinajstić information content (AvgIpc) is 1.96. The monoisotopic (exact) mass is 186 g/mol. The predicted octanol–water partition coefficient (Wildman–Crippen LogP) is 2.12. The molecule has 4 heteroatoms. The summed E-state index contributed by atoms with van der Waals surface area (Å²) in [4.78, 5) is 10.8. The molecule has 0 aliphatic heterocycles. The molecule has 0 spiro atoms. The molecule has 1 rings (SSSR count). The van der Waals surface area contributed by atoms with Gasteiger partial charge in [0.2, 0.25) is 0 Å². The minimum Gasteiger partial charge on any atom is -0.478 e. The molecule has 0 atom stereocenters. The molecule has 0 saturated heterocycles. The third kappa shape index (κ3) is 1.58. The van der Waals surface area contributed by atoms with Crippen LogP contribution in [-0.4, -0.2) is 11.1 Å². The number of benzene rings is 1. The molecule has 2 nitrogen and oxygen atoms in total. The second-order valence-electron chi connectivity index (χ2n) is 2.41. The fourth-order valence-corrected chi connectivity index (χ4v) is 1.13. The molecule has 1 aromatic carbocycles. The van der Waals surface area contributed by atoms with Crippen molar-refractivity contribution in [2.24, 2.45) is 0 Å². The van der Waals surface area contributed by atoms with E-state index in [0.29, 0.717) is 4.90 Å². The third-order valence-electron chi connectivity index (χ3n) is 1.56. The quantitative estimate of drug-likeness (QED) is 0.659. The highest BCUT2D eigenvalue weighted by atomic mass is 32.1. The van der Waals surface area contributed by atoms with E-state index in [0.717, 1.165) is 0 Å². The summed E-state index contributed by atoms with van der Waals surface area (Å²) in [6, 6.07) is 2.51. The highest BCUT2D eigenvalue weighted by Gasteiger charge is 2.11. The van der Waals surface area contributed by atoms with E-state index in [4.69, 9.17) is 5.11 Å². The summed E-state index contributed by atoms with van der Waals surface area (Å²) in [6.45, 7) is 1.42. The topological polar surface area (TPSA) is 37.3 Å². The van der Waals surface area contributed by atoms with Crippen LogP contribution >= 0.6 is 12.6 Å². The minimum atomic E-state index is -1.14. The van der Waals surface area contributed by atoms with E-state index in [2.05, 4.69) is 12.6 Å². The summed E-state index contributed by atoms with van der Waals surface area (Å²) < 4.78 is 12.9. The second-order valence-corrected chi connectivity index (χ2v) is 2.92. The van der Waals surface area contributed by atoms with Crippen molar-refractivity contribution in [3.8, 4) is 0 Å². The number of carboxylic acids is 1. The van der Waals surface area contributed by atoms with E-state index in [1.807, 2.05) is 0 Å². The Hall–Kier alpha value is -1.03. The zero-order valence-electron chi connectivity index (χ0n) is 6.34. The molecule has 12 heavy (non-hydrogen) atoms. The fraction of sp³-hybridized carbons (Fsp3) is 0.125. The normalized spacial score (nSPS) is 9.92. The molecule has 0 unspecified atom stereocenters. The molecule has 0 bridgehead atoms. The zero-order valence-corrected chi connectivity index (χ0v) is 7.23. The molecule has 0 aliphatic carbocycles. The Kier molecular flexibility index (Phi) is 2.38. The molecule has 1 aromatic rings. The number of carbonyl (C=O) groups is 1. The summed E-state index contributed by atoms with van der Waals surface area (Å²) in [5.74, 6) is -1.68. The van der Waals surface area contributed by atoms with Crippen molar-refractivity contribution in [3.05, 3.63) is 29.1 Å². The van der Waals surface area contributed by atoms with E-state index < -0.39 is 11.8 Å². The zero-order chi connectivity index (χ0) is 9.30. The Morgan fingerprint density at radius 3 is 2.67 bits per heavy atom. The lowest BCUT2D eigenvalue weighted by Gasteiger charge is -2.02. The smallest absolute Gasteiger partial charge is 0.336 e. The summed E-state index contributed by atoms with van der Waals surface area (Å²) in [5, 5.41) is 8.61. The van der Waals surface area contributed by atoms with E-state index in [-0.39, 0.29) is 11.1 Å². The molecular formula is C8H7FO2S. The number of carboxylic acid groups (broad SMARTS) is 1. The number of thiol groups is 1. The number of halogens is 1. The summed E-state index contributed by atoms with van der Waals surface area (Å²) in [7, 11) is 0. The van der Waals surface area contributed by atoms with Gasteiger partial charge >= 0.3 is 5.97 Å². The van der Waals surface area contributed by atoms with Crippen molar-refractivity contribution in [3.63, 3.8) is 0 Å². The van der Waals surface area contributed by atoms with Gasteiger partial charge in [0.25, 0.3) is 0 Å². The maximum absolute atomic E-state index is 12.9. The van der Waals surface area contributed by atoms with Crippen molar-refractivity contribution < 1.29 is 14.3 Å². The van der Waals surface area contributed by atoms with Gasteiger partial charge in [0.15, 0.2) is 0 Å². The van der Waals surface area contributed by atoms with Gasteiger partial charge in [0, 0.05) is 4.90 Å². The van der Waals surface area contributed by atoms with Crippen molar-refractivity contribution >= 4 is 18.6 Å². The van der Waals surface area contributed by atoms with Gasteiger partial charge in [0.05, 0.1) is 5.56 Å². The summed E-state index contributed by atoms with van der Waals surface area (Å²) >= 11 is 3.86. The number of rotatable bonds is 1. The molecular weight excluding hydrogens is 179 g/mol. The van der Waals surface area contributed by atoms with E-state index in [1.165, 1.54) is 19.1 Å². The first kappa shape index (κ1) is 9.06. The Balaban J connectivity index is 3.37. The SMILES string of the molecule is Cc1c(F)cc(S)cc1C(=O)O. The lowest BCUT2D eigenvalue weighted by molar-refractivity contribution is 0.0695. The first-order valence-electron chi connectivity index (χ1n) is 3.25. The highest BCUT2D eigenvalue weighted by Crippen LogP contribution is 2.17. The Labute approximate surface area is 74.4 Å². The molecule has 64 valence electrons. The van der Waals surface area contributed by atoms with Gasteiger partial charge in [0.1, 0.15) is 5.82 Å². The Morgan fingerprint density at radius 1 is 1.58 bits per heavy atom. The third-order valence-corrected chi connectivity index (χ3v) is 1.82. The molecule has 0 aliphatic rings. The molecule has 1 N–H and O–H groups in total. The summed E-state index contributed by atoms with van der Waals surface area (Å²) in [5.41, 5.74) is 0.0975. The summed E-state index contributed by atoms with van der Waals surface area (Å²) in [6.07, 6.45) is 0. The largest absolute Gasteiger partial charge is 0.478 e. The maximum Gasteiger partial charge on any atom is 0.336 e. The standard InChI is InChI=1S/C8H7FO2S/c1-4-6(8(10)11)2-5(12)3-7(4)9/h2-3,12H,1H3,(H,10,11). The first-order valence-corrected chi connectivity index (χ1v) is 3.69. The number of aromatic carboxylic acids is 1. The molecule has 0 heterocycles. The van der Waals surface area contributed by atoms with Gasteiger partial charge in [-0.1, -0.05) is 0 Å². The highest BCUT2D eigenvalue weighted by molar-refractivity contribution is 7.80.